The van der Waals surface area contributed by atoms with Crippen molar-refractivity contribution in [3.63, 3.8) is 0 Å². The summed E-state index contributed by atoms with van der Waals surface area (Å²) in [7, 11) is -0.496. The third-order valence-corrected chi connectivity index (χ3v) is 5.80. The SMILES string of the molecule is Cc1ccsc1C(=O)Nc1ccc(S(=O)(=O)N(C)C)cc1. The fourth-order valence-electron chi connectivity index (χ4n) is 1.71. The molecular formula is C14H16N2O3S2. The van der Waals surface area contributed by atoms with Gasteiger partial charge in [-0.3, -0.25) is 4.79 Å². The number of sulfonamides is 1. The van der Waals surface area contributed by atoms with E-state index < -0.39 is 10.0 Å². The Kier molecular flexibility index (Phi) is 4.46. The number of anilines is 1. The molecule has 1 aromatic carbocycles. The molecule has 1 aromatic heterocycles. The van der Waals surface area contributed by atoms with E-state index in [9.17, 15) is 13.2 Å². The number of nitrogens with one attached hydrogen (secondary N) is 1. The Hall–Kier alpha value is -1.70. The largest absolute Gasteiger partial charge is 0.321 e. The van der Waals surface area contributed by atoms with Crippen LogP contribution < -0.4 is 5.32 Å². The van der Waals surface area contributed by atoms with Crippen LogP contribution in [0.25, 0.3) is 0 Å². The van der Waals surface area contributed by atoms with Gasteiger partial charge in [0, 0.05) is 19.8 Å². The molecule has 112 valence electrons. The number of amides is 1. The number of carbonyl (C=O) groups is 1. The molecule has 0 unspecified atom stereocenters. The maximum Gasteiger partial charge on any atom is 0.265 e. The molecule has 2 aromatic rings. The minimum atomic E-state index is -3.45. The lowest BCUT2D eigenvalue weighted by atomic mass is 10.2. The van der Waals surface area contributed by atoms with Crippen LogP contribution >= 0.6 is 11.3 Å². The van der Waals surface area contributed by atoms with Gasteiger partial charge in [0.1, 0.15) is 0 Å². The third kappa shape index (κ3) is 3.31. The van der Waals surface area contributed by atoms with Gasteiger partial charge in [0.2, 0.25) is 10.0 Å². The molecule has 7 heteroatoms. The standard InChI is InChI=1S/C14H16N2O3S2/c1-10-8-9-20-13(10)14(17)15-11-4-6-12(7-5-11)21(18,19)16(2)3/h4-9H,1-3H3,(H,15,17). The number of hydrogen-bond donors (Lipinski definition) is 1. The van der Waals surface area contributed by atoms with Gasteiger partial charge in [0.15, 0.2) is 0 Å². The lowest BCUT2D eigenvalue weighted by Gasteiger charge is -2.12. The van der Waals surface area contributed by atoms with Crippen LogP contribution in [-0.2, 0) is 10.0 Å². The number of carbonyl (C=O) groups excluding carboxylic acids is 1. The van der Waals surface area contributed by atoms with E-state index in [1.807, 2.05) is 18.4 Å². The minimum absolute atomic E-state index is 0.189. The molecule has 0 spiro atoms. The van der Waals surface area contributed by atoms with Crippen molar-refractivity contribution >= 4 is 33.0 Å². The second-order valence-corrected chi connectivity index (χ2v) is 7.77. The maximum atomic E-state index is 12.1. The van der Waals surface area contributed by atoms with Gasteiger partial charge in [-0.05, 0) is 48.2 Å². The highest BCUT2D eigenvalue weighted by atomic mass is 32.2. The van der Waals surface area contributed by atoms with Crippen LogP contribution in [0.1, 0.15) is 15.2 Å². The van der Waals surface area contributed by atoms with Crippen molar-refractivity contribution in [2.75, 3.05) is 19.4 Å². The minimum Gasteiger partial charge on any atom is -0.321 e. The normalized spacial score (nSPS) is 11.6. The van der Waals surface area contributed by atoms with Crippen LogP contribution in [0.15, 0.2) is 40.6 Å². The summed E-state index contributed by atoms with van der Waals surface area (Å²) in [5.74, 6) is -0.189. The van der Waals surface area contributed by atoms with Crippen LogP contribution in [0, 0.1) is 6.92 Å². The number of thiophene rings is 1. The number of benzene rings is 1. The molecule has 0 aliphatic carbocycles. The lowest BCUT2D eigenvalue weighted by molar-refractivity contribution is 0.103. The van der Waals surface area contributed by atoms with Crippen molar-refractivity contribution in [1.82, 2.24) is 4.31 Å². The van der Waals surface area contributed by atoms with Crippen LogP contribution in [0.3, 0.4) is 0 Å². The summed E-state index contributed by atoms with van der Waals surface area (Å²) in [4.78, 5) is 12.9. The Balaban J connectivity index is 2.17. The zero-order valence-electron chi connectivity index (χ0n) is 12.0. The molecule has 0 saturated carbocycles. The van der Waals surface area contributed by atoms with Crippen molar-refractivity contribution in [3.8, 4) is 0 Å². The fourth-order valence-corrected chi connectivity index (χ4v) is 3.44. The van der Waals surface area contributed by atoms with Gasteiger partial charge in [-0.25, -0.2) is 12.7 Å². The first-order valence-corrected chi connectivity index (χ1v) is 8.52. The van der Waals surface area contributed by atoms with Crippen molar-refractivity contribution in [1.29, 1.82) is 0 Å². The van der Waals surface area contributed by atoms with Crippen molar-refractivity contribution in [3.05, 3.63) is 46.2 Å². The van der Waals surface area contributed by atoms with E-state index in [0.29, 0.717) is 10.6 Å². The molecule has 0 fully saturated rings. The van der Waals surface area contributed by atoms with Gasteiger partial charge in [0.05, 0.1) is 9.77 Å². The first-order valence-electron chi connectivity index (χ1n) is 6.20. The van der Waals surface area contributed by atoms with Gasteiger partial charge in [-0.2, -0.15) is 0 Å². The molecule has 21 heavy (non-hydrogen) atoms. The molecule has 0 radical (unpaired) electrons. The van der Waals surface area contributed by atoms with Crippen LogP contribution in [-0.4, -0.2) is 32.7 Å². The molecule has 0 bridgehead atoms. The summed E-state index contributed by atoms with van der Waals surface area (Å²) in [6, 6.07) is 8.00. The predicted octanol–water partition coefficient (Wildman–Crippen LogP) is 2.56. The highest BCUT2D eigenvalue weighted by Crippen LogP contribution is 2.20. The van der Waals surface area contributed by atoms with E-state index in [4.69, 9.17) is 0 Å². The van der Waals surface area contributed by atoms with E-state index in [0.717, 1.165) is 9.87 Å². The topological polar surface area (TPSA) is 66.5 Å². The number of nitrogens with zero attached hydrogens (tertiary/aromatic N) is 1. The third-order valence-electron chi connectivity index (χ3n) is 2.96. The van der Waals surface area contributed by atoms with Crippen LogP contribution in [0.5, 0.6) is 0 Å². The Bertz CT molecular complexity index is 747. The highest BCUT2D eigenvalue weighted by molar-refractivity contribution is 7.89. The predicted molar refractivity (Wildman–Crippen MR) is 84.3 cm³/mol. The lowest BCUT2D eigenvalue weighted by Crippen LogP contribution is -2.22. The molecule has 0 saturated heterocycles. The van der Waals surface area contributed by atoms with Crippen molar-refractivity contribution in [2.24, 2.45) is 0 Å². The maximum absolute atomic E-state index is 12.1. The molecule has 0 atom stereocenters. The summed E-state index contributed by atoms with van der Waals surface area (Å²) in [5.41, 5.74) is 1.48. The summed E-state index contributed by atoms with van der Waals surface area (Å²) in [6.45, 7) is 1.87. The zero-order valence-corrected chi connectivity index (χ0v) is 13.6. The van der Waals surface area contributed by atoms with Crippen molar-refractivity contribution in [2.45, 2.75) is 11.8 Å². The molecule has 2 rings (SSSR count). The van der Waals surface area contributed by atoms with E-state index in [1.165, 1.54) is 37.6 Å². The molecule has 1 amide bonds. The molecule has 0 aliphatic heterocycles. The Morgan fingerprint density at radius 1 is 1.14 bits per heavy atom. The summed E-state index contributed by atoms with van der Waals surface area (Å²) in [6.07, 6.45) is 0. The zero-order chi connectivity index (χ0) is 15.6. The molecule has 5 nitrogen and oxygen atoms in total. The average Bonchev–Trinajstić information content (AvgIpc) is 2.85. The van der Waals surface area contributed by atoms with Gasteiger partial charge >= 0.3 is 0 Å². The Morgan fingerprint density at radius 2 is 1.76 bits per heavy atom. The second-order valence-electron chi connectivity index (χ2n) is 4.70. The summed E-state index contributed by atoms with van der Waals surface area (Å²) < 4.78 is 25.0. The van der Waals surface area contributed by atoms with E-state index >= 15 is 0 Å². The van der Waals surface area contributed by atoms with Gasteiger partial charge in [-0.1, -0.05) is 0 Å². The molecular weight excluding hydrogens is 308 g/mol. The monoisotopic (exact) mass is 324 g/mol. The quantitative estimate of drug-likeness (QED) is 0.940. The number of hydrogen-bond acceptors (Lipinski definition) is 4. The first kappa shape index (κ1) is 15.7. The average molecular weight is 324 g/mol. The van der Waals surface area contributed by atoms with E-state index in [2.05, 4.69) is 5.32 Å². The van der Waals surface area contributed by atoms with Gasteiger partial charge < -0.3 is 5.32 Å². The second kappa shape index (κ2) is 5.97. The summed E-state index contributed by atoms with van der Waals surface area (Å²) >= 11 is 1.37. The number of rotatable bonds is 4. The van der Waals surface area contributed by atoms with E-state index in [-0.39, 0.29) is 10.8 Å². The van der Waals surface area contributed by atoms with Gasteiger partial charge in [0.25, 0.3) is 5.91 Å². The van der Waals surface area contributed by atoms with Crippen LogP contribution in [0.4, 0.5) is 5.69 Å². The first-order chi connectivity index (χ1) is 9.82. The molecule has 1 heterocycles. The smallest absolute Gasteiger partial charge is 0.265 e. The van der Waals surface area contributed by atoms with E-state index in [1.54, 1.807) is 12.1 Å². The van der Waals surface area contributed by atoms with Crippen molar-refractivity contribution < 1.29 is 13.2 Å². The Labute approximate surface area is 128 Å². The highest BCUT2D eigenvalue weighted by Gasteiger charge is 2.17. The summed E-state index contributed by atoms with van der Waals surface area (Å²) in [5, 5.41) is 4.61. The molecule has 0 aliphatic rings. The van der Waals surface area contributed by atoms with Crippen LogP contribution in [0.2, 0.25) is 0 Å². The molecule has 1 N–H and O–H groups in total. The number of aryl methyl sites for hydroxylation is 1. The fraction of sp³-hybridized carbons (Fsp3) is 0.214. The Morgan fingerprint density at radius 3 is 2.24 bits per heavy atom. The van der Waals surface area contributed by atoms with Gasteiger partial charge in [-0.15, -0.1) is 11.3 Å².